The lowest BCUT2D eigenvalue weighted by molar-refractivity contribution is 0.211. The molecule has 0 fully saturated rings. The van der Waals surface area contributed by atoms with Gasteiger partial charge in [0.25, 0.3) is 0 Å². The van der Waals surface area contributed by atoms with Gasteiger partial charge in [0.2, 0.25) is 0 Å². The predicted octanol–water partition coefficient (Wildman–Crippen LogP) is 3.92. The summed E-state index contributed by atoms with van der Waals surface area (Å²) in [6, 6.07) is 7.32. The van der Waals surface area contributed by atoms with Crippen LogP contribution in [0, 0.1) is 4.77 Å². The molecule has 0 unspecified atom stereocenters. The first-order chi connectivity index (χ1) is 9.13. The summed E-state index contributed by atoms with van der Waals surface area (Å²) in [5, 5.41) is 7.52. The number of benzene rings is 1. The molecule has 100 valence electrons. The van der Waals surface area contributed by atoms with Crippen molar-refractivity contribution in [2.45, 2.75) is 19.6 Å². The Morgan fingerprint density at radius 2 is 2.32 bits per heavy atom. The highest BCUT2D eigenvalue weighted by Gasteiger charge is 2.16. The van der Waals surface area contributed by atoms with Gasteiger partial charge in [-0.25, -0.2) is 0 Å². The van der Waals surface area contributed by atoms with Crippen LogP contribution < -0.4 is 4.74 Å². The molecule has 0 saturated heterocycles. The first-order valence-corrected chi connectivity index (χ1v) is 6.59. The lowest BCUT2D eigenvalue weighted by Crippen LogP contribution is -2.11. The second-order valence-electron chi connectivity index (χ2n) is 3.98. The lowest BCUT2D eigenvalue weighted by atomic mass is 10.3. The molecule has 1 atom stereocenters. The van der Waals surface area contributed by atoms with Crippen LogP contribution in [0.5, 0.6) is 5.75 Å². The summed E-state index contributed by atoms with van der Waals surface area (Å²) < 4.78 is 8.20. The second-order valence-corrected chi connectivity index (χ2v) is 4.77. The third-order valence-electron chi connectivity index (χ3n) is 2.60. The van der Waals surface area contributed by atoms with Crippen molar-refractivity contribution in [3.63, 3.8) is 0 Å². The molecule has 1 heterocycles. The molecule has 0 radical (unpaired) electrons. The summed E-state index contributed by atoms with van der Waals surface area (Å²) >= 11 is 11.2. The highest BCUT2D eigenvalue weighted by molar-refractivity contribution is 7.71. The smallest absolute Gasteiger partial charge is 0.195 e. The molecule has 1 aromatic carbocycles. The van der Waals surface area contributed by atoms with E-state index >= 15 is 0 Å². The number of aromatic amines is 1. The van der Waals surface area contributed by atoms with Crippen LogP contribution in [0.4, 0.5) is 0 Å². The number of H-pyrrole nitrogens is 1. The maximum atomic E-state index is 6.07. The Labute approximate surface area is 121 Å². The van der Waals surface area contributed by atoms with Gasteiger partial charge in [-0.2, -0.15) is 5.10 Å². The van der Waals surface area contributed by atoms with Crippen LogP contribution in [0.1, 0.15) is 18.9 Å². The summed E-state index contributed by atoms with van der Waals surface area (Å²) in [4.78, 5) is 0. The van der Waals surface area contributed by atoms with Crippen molar-refractivity contribution in [2.24, 2.45) is 0 Å². The van der Waals surface area contributed by atoms with Crippen LogP contribution in [-0.4, -0.2) is 14.8 Å². The molecule has 0 saturated carbocycles. The van der Waals surface area contributed by atoms with E-state index in [4.69, 9.17) is 28.6 Å². The van der Waals surface area contributed by atoms with Crippen molar-refractivity contribution >= 4 is 23.8 Å². The molecule has 2 aromatic rings. The number of halogens is 1. The number of hydrogen-bond donors (Lipinski definition) is 1. The van der Waals surface area contributed by atoms with Gasteiger partial charge in [-0.1, -0.05) is 29.8 Å². The van der Waals surface area contributed by atoms with E-state index in [1.165, 1.54) is 0 Å². The summed E-state index contributed by atoms with van der Waals surface area (Å²) in [5.41, 5.74) is 0. The van der Waals surface area contributed by atoms with Gasteiger partial charge in [-0.15, -0.1) is 6.58 Å². The van der Waals surface area contributed by atoms with Crippen LogP contribution in [0.3, 0.4) is 0 Å². The fourth-order valence-corrected chi connectivity index (χ4v) is 2.12. The molecule has 1 aromatic heterocycles. The van der Waals surface area contributed by atoms with E-state index in [1.807, 2.05) is 29.7 Å². The van der Waals surface area contributed by atoms with E-state index in [-0.39, 0.29) is 6.10 Å². The second kappa shape index (κ2) is 6.04. The van der Waals surface area contributed by atoms with Gasteiger partial charge in [0.05, 0.1) is 5.02 Å². The van der Waals surface area contributed by atoms with Gasteiger partial charge in [0, 0.05) is 6.54 Å². The first kappa shape index (κ1) is 13.8. The Morgan fingerprint density at radius 3 is 3.00 bits per heavy atom. The third-order valence-corrected chi connectivity index (χ3v) is 3.23. The van der Waals surface area contributed by atoms with Crippen molar-refractivity contribution in [3.8, 4) is 5.75 Å². The number of nitrogens with zero attached hydrogens (tertiary/aromatic N) is 2. The monoisotopic (exact) mass is 295 g/mol. The van der Waals surface area contributed by atoms with Crippen LogP contribution in [0.25, 0.3) is 0 Å². The number of aromatic nitrogens is 3. The Kier molecular flexibility index (Phi) is 4.39. The highest BCUT2D eigenvalue weighted by Crippen LogP contribution is 2.27. The number of nitrogens with one attached hydrogen (secondary N) is 1. The molecular formula is C13H14ClN3OS. The Morgan fingerprint density at radius 1 is 1.58 bits per heavy atom. The minimum Gasteiger partial charge on any atom is -0.481 e. The summed E-state index contributed by atoms with van der Waals surface area (Å²) in [7, 11) is 0. The van der Waals surface area contributed by atoms with Crippen LogP contribution >= 0.6 is 23.8 Å². The van der Waals surface area contributed by atoms with Gasteiger partial charge in [-0.05, 0) is 31.3 Å². The van der Waals surface area contributed by atoms with Crippen LogP contribution in [0.15, 0.2) is 36.9 Å². The molecule has 0 amide bonds. The molecule has 1 N–H and O–H groups in total. The first-order valence-electron chi connectivity index (χ1n) is 5.80. The minimum absolute atomic E-state index is 0.271. The van der Waals surface area contributed by atoms with E-state index in [0.29, 0.717) is 27.9 Å². The topological polar surface area (TPSA) is 42.8 Å². The van der Waals surface area contributed by atoms with Crippen LogP contribution in [0.2, 0.25) is 5.02 Å². The Hall–Kier alpha value is -1.59. The average molecular weight is 296 g/mol. The van der Waals surface area contributed by atoms with Gasteiger partial charge in [-0.3, -0.25) is 9.67 Å². The normalized spacial score (nSPS) is 12.1. The maximum Gasteiger partial charge on any atom is 0.195 e. The van der Waals surface area contributed by atoms with E-state index in [1.54, 1.807) is 12.1 Å². The minimum atomic E-state index is -0.271. The molecule has 0 aliphatic heterocycles. The fraction of sp³-hybridized carbons (Fsp3) is 0.231. The van der Waals surface area contributed by atoms with Gasteiger partial charge in [0.1, 0.15) is 5.75 Å². The number of rotatable bonds is 5. The highest BCUT2D eigenvalue weighted by atomic mass is 35.5. The van der Waals surface area contributed by atoms with Crippen molar-refractivity contribution < 1.29 is 4.74 Å². The SMILES string of the molecule is C=CCn1c([C@H](C)Oc2ccccc2Cl)n[nH]c1=S. The van der Waals surface area contributed by atoms with E-state index in [2.05, 4.69) is 16.8 Å². The van der Waals surface area contributed by atoms with E-state index < -0.39 is 0 Å². The lowest BCUT2D eigenvalue weighted by Gasteiger charge is -2.15. The molecule has 0 spiro atoms. The van der Waals surface area contributed by atoms with Crippen molar-refractivity contribution in [2.75, 3.05) is 0 Å². The van der Waals surface area contributed by atoms with Gasteiger partial charge >= 0.3 is 0 Å². The maximum absolute atomic E-state index is 6.07. The zero-order chi connectivity index (χ0) is 13.8. The number of allylic oxidation sites excluding steroid dienone is 1. The fourth-order valence-electron chi connectivity index (χ4n) is 1.73. The zero-order valence-electron chi connectivity index (χ0n) is 10.5. The molecule has 2 rings (SSSR count). The quantitative estimate of drug-likeness (QED) is 0.671. The standard InChI is InChI=1S/C13H14ClN3OS/c1-3-8-17-12(15-16-13(17)19)9(2)18-11-7-5-4-6-10(11)14/h3-7,9H,1,8H2,2H3,(H,16,19)/t9-/m0/s1. The molecule has 6 heteroatoms. The number of ether oxygens (including phenoxy) is 1. The third kappa shape index (κ3) is 3.05. The zero-order valence-corrected chi connectivity index (χ0v) is 12.0. The van der Waals surface area contributed by atoms with Crippen molar-refractivity contribution in [3.05, 3.63) is 52.5 Å². The van der Waals surface area contributed by atoms with Crippen LogP contribution in [-0.2, 0) is 6.54 Å². The summed E-state index contributed by atoms with van der Waals surface area (Å²) in [6.45, 7) is 6.19. The Balaban J connectivity index is 2.25. The molecule has 0 aliphatic carbocycles. The summed E-state index contributed by atoms with van der Waals surface area (Å²) in [6.07, 6.45) is 1.49. The van der Waals surface area contributed by atoms with E-state index in [9.17, 15) is 0 Å². The number of para-hydroxylation sites is 1. The molecule has 19 heavy (non-hydrogen) atoms. The predicted molar refractivity (Wildman–Crippen MR) is 78.1 cm³/mol. The molecule has 0 bridgehead atoms. The van der Waals surface area contributed by atoms with Gasteiger partial charge in [0.15, 0.2) is 16.7 Å². The molecule has 4 nitrogen and oxygen atoms in total. The van der Waals surface area contributed by atoms with Crippen molar-refractivity contribution in [1.29, 1.82) is 0 Å². The molecular weight excluding hydrogens is 282 g/mol. The summed E-state index contributed by atoms with van der Waals surface area (Å²) in [5.74, 6) is 1.33. The average Bonchev–Trinajstić information content (AvgIpc) is 2.75. The van der Waals surface area contributed by atoms with Gasteiger partial charge < -0.3 is 4.74 Å². The van der Waals surface area contributed by atoms with E-state index in [0.717, 1.165) is 0 Å². The number of hydrogen-bond acceptors (Lipinski definition) is 3. The largest absolute Gasteiger partial charge is 0.481 e. The Bertz CT molecular complexity index is 635. The molecule has 0 aliphatic rings. The van der Waals surface area contributed by atoms with Crippen molar-refractivity contribution in [1.82, 2.24) is 14.8 Å².